The Morgan fingerprint density at radius 3 is 2.38 bits per heavy atom. The minimum atomic E-state index is -1.38. The van der Waals surface area contributed by atoms with E-state index in [2.05, 4.69) is 34.6 Å². The minimum absolute atomic E-state index is 0.0116. The molecule has 34 heavy (non-hydrogen) atoms. The van der Waals surface area contributed by atoms with Gasteiger partial charge in [-0.25, -0.2) is 0 Å². The van der Waals surface area contributed by atoms with Crippen LogP contribution in [0, 0.1) is 51.2 Å². The van der Waals surface area contributed by atoms with Crippen molar-refractivity contribution < 1.29 is 24.2 Å². The fourth-order valence-corrected chi connectivity index (χ4v) is 10.8. The summed E-state index contributed by atoms with van der Waals surface area (Å²) >= 11 is 0. The first-order valence-corrected chi connectivity index (χ1v) is 13.8. The summed E-state index contributed by atoms with van der Waals surface area (Å²) in [6.45, 7) is 15.4. The van der Waals surface area contributed by atoms with Gasteiger partial charge in [-0.05, 0) is 73.0 Å². The third-order valence-corrected chi connectivity index (χ3v) is 12.5. The van der Waals surface area contributed by atoms with E-state index >= 15 is 0 Å². The van der Waals surface area contributed by atoms with Gasteiger partial charge in [-0.15, -0.1) is 0 Å². The maximum absolute atomic E-state index is 14.2. The van der Waals surface area contributed by atoms with E-state index in [1.54, 1.807) is 6.92 Å². The highest BCUT2D eigenvalue weighted by molar-refractivity contribution is 5.87. The molecule has 4 saturated carbocycles. The van der Waals surface area contributed by atoms with Gasteiger partial charge in [0.2, 0.25) is 0 Å². The lowest BCUT2D eigenvalue weighted by Crippen LogP contribution is -2.68. The summed E-state index contributed by atoms with van der Waals surface area (Å²) in [4.78, 5) is 26.3. The SMILES string of the molecule is CC[C@@]1(C)CCC[C@]2(C)[C@H]3CC(=O)[C@]4(C)[C@H]5COC(C)(O)[C@@H]5[C@@H](OC(C)=O)C[C@H]4[C@]3(C)CC[C@@H]12. The standard InChI is InChI=1S/C29H46O5/c1-8-25(3)11-9-12-26(4)20(25)10-13-27(5)21(26)15-23(31)28(6)18-16-33-29(7,32)24(18)19(14-22(27)28)34-17(2)30/h18-22,24,32H,8-16H2,1-7H3/t18-,19-,20-,21+,22-,24-,25-,26-,27+,28+,29?/m0/s1. The molecule has 0 bridgehead atoms. The number of ether oxygens (including phenoxy) is 2. The lowest BCUT2D eigenvalue weighted by atomic mass is 9.34. The molecule has 1 aliphatic heterocycles. The second kappa shape index (κ2) is 7.54. The zero-order chi connectivity index (χ0) is 24.9. The van der Waals surface area contributed by atoms with Gasteiger partial charge in [0.1, 0.15) is 11.9 Å². The molecule has 0 spiro atoms. The number of hydrogen-bond acceptors (Lipinski definition) is 5. The van der Waals surface area contributed by atoms with Gasteiger partial charge in [-0.2, -0.15) is 0 Å². The van der Waals surface area contributed by atoms with Crippen LogP contribution in [0.3, 0.4) is 0 Å². The Bertz CT molecular complexity index is 882. The largest absolute Gasteiger partial charge is 0.462 e. The maximum Gasteiger partial charge on any atom is 0.302 e. The van der Waals surface area contributed by atoms with Gasteiger partial charge >= 0.3 is 5.97 Å². The normalized spacial score (nSPS) is 56.6. The molecule has 1 heterocycles. The summed E-state index contributed by atoms with van der Waals surface area (Å²) in [7, 11) is 0. The van der Waals surface area contributed by atoms with Crippen molar-refractivity contribution in [2.75, 3.05) is 6.61 Å². The molecule has 0 aromatic carbocycles. The van der Waals surface area contributed by atoms with E-state index in [4.69, 9.17) is 9.47 Å². The molecule has 1 unspecified atom stereocenters. The fraction of sp³-hybridized carbons (Fsp3) is 0.931. The average molecular weight is 475 g/mol. The highest BCUT2D eigenvalue weighted by atomic mass is 16.6. The van der Waals surface area contributed by atoms with Gasteiger partial charge < -0.3 is 14.6 Å². The zero-order valence-corrected chi connectivity index (χ0v) is 22.4. The molecule has 5 rings (SSSR count). The Kier molecular flexibility index (Phi) is 5.48. The number of fused-ring (bicyclic) bond motifs is 7. The van der Waals surface area contributed by atoms with E-state index in [1.165, 1.54) is 39.0 Å². The topological polar surface area (TPSA) is 72.8 Å². The number of hydrogen-bond donors (Lipinski definition) is 1. The first kappa shape index (κ1) is 24.7. The predicted molar refractivity (Wildman–Crippen MR) is 130 cm³/mol. The number of carbonyl (C=O) groups is 2. The summed E-state index contributed by atoms with van der Waals surface area (Å²) < 4.78 is 11.8. The van der Waals surface area contributed by atoms with Crippen LogP contribution in [0.1, 0.15) is 99.8 Å². The van der Waals surface area contributed by atoms with E-state index in [0.29, 0.717) is 42.5 Å². The van der Waals surface area contributed by atoms with Crippen LogP contribution in [0.5, 0.6) is 0 Å². The van der Waals surface area contributed by atoms with Crippen LogP contribution in [0.4, 0.5) is 0 Å². The zero-order valence-electron chi connectivity index (χ0n) is 22.4. The molecule has 11 atom stereocenters. The summed E-state index contributed by atoms with van der Waals surface area (Å²) in [5, 5.41) is 11.1. The molecular formula is C29H46O5. The molecule has 5 nitrogen and oxygen atoms in total. The number of rotatable bonds is 2. The smallest absolute Gasteiger partial charge is 0.302 e. The first-order chi connectivity index (χ1) is 15.7. The van der Waals surface area contributed by atoms with Crippen molar-refractivity contribution in [3.05, 3.63) is 0 Å². The van der Waals surface area contributed by atoms with Crippen molar-refractivity contribution in [3.63, 3.8) is 0 Å². The Balaban J connectivity index is 1.59. The summed E-state index contributed by atoms with van der Waals surface area (Å²) in [6.07, 6.45) is 8.17. The van der Waals surface area contributed by atoms with Crippen molar-refractivity contribution >= 4 is 11.8 Å². The molecule has 0 aromatic heterocycles. The highest BCUT2D eigenvalue weighted by Crippen LogP contribution is 2.74. The van der Waals surface area contributed by atoms with Crippen molar-refractivity contribution in [1.29, 1.82) is 0 Å². The summed E-state index contributed by atoms with van der Waals surface area (Å²) in [6, 6.07) is 0. The van der Waals surface area contributed by atoms with Crippen LogP contribution in [-0.2, 0) is 19.1 Å². The van der Waals surface area contributed by atoms with Crippen LogP contribution >= 0.6 is 0 Å². The molecule has 5 aliphatic rings. The van der Waals surface area contributed by atoms with Gasteiger partial charge in [0.25, 0.3) is 0 Å². The molecule has 0 aromatic rings. The van der Waals surface area contributed by atoms with Crippen molar-refractivity contribution in [1.82, 2.24) is 0 Å². The van der Waals surface area contributed by atoms with E-state index < -0.39 is 17.3 Å². The molecule has 0 radical (unpaired) electrons. The Morgan fingerprint density at radius 1 is 1.06 bits per heavy atom. The Morgan fingerprint density at radius 2 is 1.74 bits per heavy atom. The minimum Gasteiger partial charge on any atom is -0.462 e. The monoisotopic (exact) mass is 474 g/mol. The number of esters is 1. The van der Waals surface area contributed by atoms with Crippen LogP contribution in [-0.4, -0.2) is 35.4 Å². The lowest BCUT2D eigenvalue weighted by Gasteiger charge is -2.70. The molecular weight excluding hydrogens is 428 g/mol. The maximum atomic E-state index is 14.2. The molecule has 1 N–H and O–H groups in total. The van der Waals surface area contributed by atoms with Crippen molar-refractivity contribution in [2.45, 2.75) is 112 Å². The lowest BCUT2D eigenvalue weighted by molar-refractivity contribution is -0.241. The van der Waals surface area contributed by atoms with Gasteiger partial charge in [0.15, 0.2) is 5.79 Å². The van der Waals surface area contributed by atoms with E-state index in [9.17, 15) is 14.7 Å². The second-order valence-corrected chi connectivity index (χ2v) is 13.9. The predicted octanol–water partition coefficient (Wildman–Crippen LogP) is 5.53. The molecule has 192 valence electrons. The van der Waals surface area contributed by atoms with Gasteiger partial charge in [0, 0.05) is 24.7 Å². The first-order valence-electron chi connectivity index (χ1n) is 13.8. The van der Waals surface area contributed by atoms with E-state index in [-0.39, 0.29) is 34.6 Å². The number of ketones is 1. The quantitative estimate of drug-likeness (QED) is 0.533. The molecule has 4 aliphatic carbocycles. The van der Waals surface area contributed by atoms with Crippen LogP contribution in [0.25, 0.3) is 0 Å². The molecule has 1 saturated heterocycles. The van der Waals surface area contributed by atoms with Crippen LogP contribution in [0.2, 0.25) is 0 Å². The third kappa shape index (κ3) is 3.04. The Labute approximate surface area is 205 Å². The fourth-order valence-electron chi connectivity index (χ4n) is 10.8. The molecule has 5 fully saturated rings. The number of Topliss-reactive ketones (excluding diaryl/α,β-unsaturated/α-hetero) is 1. The second-order valence-electron chi connectivity index (χ2n) is 13.9. The average Bonchev–Trinajstić information content (AvgIpc) is 3.07. The van der Waals surface area contributed by atoms with Crippen LogP contribution < -0.4 is 0 Å². The highest BCUT2D eigenvalue weighted by Gasteiger charge is 2.73. The number of aliphatic hydroxyl groups is 1. The summed E-state index contributed by atoms with van der Waals surface area (Å²) in [5.41, 5.74) is -0.0246. The van der Waals surface area contributed by atoms with Gasteiger partial charge in [0.05, 0.1) is 12.5 Å². The Hall–Kier alpha value is -0.940. The van der Waals surface area contributed by atoms with Gasteiger partial charge in [-0.3, -0.25) is 9.59 Å². The molecule has 0 amide bonds. The van der Waals surface area contributed by atoms with E-state index in [1.807, 2.05) is 0 Å². The summed E-state index contributed by atoms with van der Waals surface area (Å²) in [5.74, 6) is -0.712. The van der Waals surface area contributed by atoms with Crippen molar-refractivity contribution in [3.8, 4) is 0 Å². The van der Waals surface area contributed by atoms with Gasteiger partial charge in [-0.1, -0.05) is 47.5 Å². The third-order valence-electron chi connectivity index (χ3n) is 12.5. The van der Waals surface area contributed by atoms with E-state index in [0.717, 1.165) is 6.42 Å². The number of carbonyl (C=O) groups excluding carboxylic acids is 2. The van der Waals surface area contributed by atoms with Crippen LogP contribution in [0.15, 0.2) is 0 Å². The van der Waals surface area contributed by atoms with Crippen molar-refractivity contribution in [2.24, 2.45) is 51.2 Å². The molecule has 5 heteroatoms.